The largest absolute Gasteiger partial charge is 0.393 e. The summed E-state index contributed by atoms with van der Waals surface area (Å²) in [6.45, 7) is 16.4. The van der Waals surface area contributed by atoms with Gasteiger partial charge in [0.25, 0.3) is 0 Å². The smallest absolute Gasteiger partial charge is 0.0721 e. The highest BCUT2D eigenvalue weighted by atomic mass is 16.3. The van der Waals surface area contributed by atoms with Crippen LogP contribution < -0.4 is 5.32 Å². The predicted molar refractivity (Wildman–Crippen MR) is 133 cm³/mol. The fraction of sp³-hybridized carbons (Fsp3) is 0.778. The van der Waals surface area contributed by atoms with E-state index in [1.54, 1.807) is 0 Å². The molecule has 0 aromatic heterocycles. The Labute approximate surface area is 187 Å². The van der Waals surface area contributed by atoms with E-state index in [0.717, 1.165) is 51.4 Å². The molecular formula is C27H51NO2. The number of hydrogen-bond acceptors (Lipinski definition) is 3. The Morgan fingerprint density at radius 2 is 1.73 bits per heavy atom. The molecule has 3 nitrogen and oxygen atoms in total. The van der Waals surface area contributed by atoms with Crippen LogP contribution in [0, 0.1) is 17.3 Å². The van der Waals surface area contributed by atoms with Gasteiger partial charge in [0.05, 0.1) is 11.7 Å². The zero-order valence-electron chi connectivity index (χ0n) is 21.2. The number of allylic oxidation sites excluding steroid dienone is 3. The summed E-state index contributed by atoms with van der Waals surface area (Å²) in [5.41, 5.74) is 2.21. The van der Waals surface area contributed by atoms with Crippen LogP contribution in [0.4, 0.5) is 0 Å². The van der Waals surface area contributed by atoms with Crippen LogP contribution in [0.3, 0.4) is 0 Å². The second-order valence-electron chi connectivity index (χ2n) is 8.84. The number of hydrogen-bond donors (Lipinski definition) is 3. The maximum Gasteiger partial charge on any atom is 0.0721 e. The number of fused-ring (bicyclic) bond motifs is 1. The number of aliphatic hydroxyl groups is 2. The third kappa shape index (κ3) is 7.07. The Morgan fingerprint density at radius 3 is 2.30 bits per heavy atom. The zero-order valence-corrected chi connectivity index (χ0v) is 21.2. The minimum absolute atomic E-state index is 0.0318. The van der Waals surface area contributed by atoms with Crippen molar-refractivity contribution in [3.8, 4) is 0 Å². The summed E-state index contributed by atoms with van der Waals surface area (Å²) in [5, 5.41) is 24.3. The molecule has 0 amide bonds. The molecular weight excluding hydrogens is 370 g/mol. The van der Waals surface area contributed by atoms with Crippen LogP contribution in [-0.2, 0) is 0 Å². The molecule has 3 N–H and O–H groups in total. The molecule has 5 atom stereocenters. The molecule has 30 heavy (non-hydrogen) atoms. The Hall–Kier alpha value is -0.900. The minimum Gasteiger partial charge on any atom is -0.393 e. The van der Waals surface area contributed by atoms with Crippen molar-refractivity contribution in [2.24, 2.45) is 17.3 Å². The molecule has 3 aliphatic rings. The van der Waals surface area contributed by atoms with Gasteiger partial charge in [-0.15, -0.1) is 6.58 Å². The van der Waals surface area contributed by atoms with Crippen LogP contribution in [-0.4, -0.2) is 36.0 Å². The maximum atomic E-state index is 11.6. The van der Waals surface area contributed by atoms with Crippen molar-refractivity contribution >= 4 is 0 Å². The molecule has 1 saturated carbocycles. The van der Waals surface area contributed by atoms with E-state index >= 15 is 0 Å². The van der Waals surface area contributed by atoms with E-state index < -0.39 is 5.60 Å². The molecule has 0 aromatic carbocycles. The molecule has 0 bridgehead atoms. The first kappa shape index (κ1) is 29.1. The zero-order chi connectivity index (χ0) is 23.4. The lowest BCUT2D eigenvalue weighted by atomic mass is 9.64. The quantitative estimate of drug-likeness (QED) is 0.460. The van der Waals surface area contributed by atoms with Crippen molar-refractivity contribution < 1.29 is 10.2 Å². The topological polar surface area (TPSA) is 52.5 Å². The highest BCUT2D eigenvalue weighted by Crippen LogP contribution is 2.54. The molecule has 4 unspecified atom stereocenters. The average Bonchev–Trinajstić information content (AvgIpc) is 2.93. The van der Waals surface area contributed by atoms with E-state index in [1.165, 1.54) is 11.1 Å². The van der Waals surface area contributed by atoms with Gasteiger partial charge in [-0.3, -0.25) is 0 Å². The summed E-state index contributed by atoms with van der Waals surface area (Å²) < 4.78 is 0. The van der Waals surface area contributed by atoms with Gasteiger partial charge in [0.1, 0.15) is 0 Å². The minimum atomic E-state index is -0.624. The fourth-order valence-electron chi connectivity index (χ4n) is 5.33. The van der Waals surface area contributed by atoms with E-state index in [-0.39, 0.29) is 17.4 Å². The lowest BCUT2D eigenvalue weighted by molar-refractivity contribution is -0.0597. The Bertz CT molecular complexity index is 553. The molecule has 3 rings (SSSR count). The molecule has 0 spiro atoms. The molecule has 3 aliphatic carbocycles. The van der Waals surface area contributed by atoms with Crippen LogP contribution in [0.2, 0.25) is 0 Å². The van der Waals surface area contributed by atoms with Crippen molar-refractivity contribution in [1.82, 2.24) is 5.32 Å². The molecule has 176 valence electrons. The molecule has 0 saturated heterocycles. The second kappa shape index (κ2) is 14.2. The lowest BCUT2D eigenvalue weighted by Crippen LogP contribution is -2.44. The van der Waals surface area contributed by atoms with E-state index in [2.05, 4.69) is 37.9 Å². The SMILES string of the molecule is C=CCC1(C)C(C)=CCC1[C@]1(O)CC=C2CC(O)CCC2CC1.CC.CC.CNC. The van der Waals surface area contributed by atoms with Crippen LogP contribution in [0.15, 0.2) is 36.0 Å². The van der Waals surface area contributed by atoms with Crippen LogP contribution >= 0.6 is 0 Å². The molecule has 0 aromatic rings. The van der Waals surface area contributed by atoms with Gasteiger partial charge >= 0.3 is 0 Å². The standard InChI is InChI=1S/C21H32O2.C2H7N.2C2H6/c1-4-11-20(3)15(2)5-8-19(20)21(23)12-9-16-6-7-18(22)14-17(16)10-13-21;1-3-2;2*1-2/h4-5,10,16,18-19,22-23H,1,6-9,11-14H2,2-3H3;3H,1-2H3;2*1-2H3/t16?,18?,19?,20?,21-;;;/m1.../s1. The van der Waals surface area contributed by atoms with Gasteiger partial charge in [0, 0.05) is 5.92 Å². The van der Waals surface area contributed by atoms with Crippen LogP contribution in [0.5, 0.6) is 0 Å². The Kier molecular flexibility index (Phi) is 13.8. The first-order chi connectivity index (χ1) is 14.3. The number of nitrogens with one attached hydrogen (secondary N) is 1. The van der Waals surface area contributed by atoms with Gasteiger partial charge < -0.3 is 15.5 Å². The normalized spacial score (nSPS) is 34.8. The van der Waals surface area contributed by atoms with E-state index in [4.69, 9.17) is 0 Å². The molecule has 0 aliphatic heterocycles. The summed E-state index contributed by atoms with van der Waals surface area (Å²) in [4.78, 5) is 0. The lowest BCUT2D eigenvalue weighted by Gasteiger charge is -2.44. The van der Waals surface area contributed by atoms with Gasteiger partial charge in [-0.05, 0) is 83.7 Å². The predicted octanol–water partition coefficient (Wildman–Crippen LogP) is 6.43. The summed E-state index contributed by atoms with van der Waals surface area (Å²) in [6.07, 6.45) is 13.8. The van der Waals surface area contributed by atoms with Crippen LogP contribution in [0.25, 0.3) is 0 Å². The first-order valence-electron chi connectivity index (χ1n) is 12.3. The third-order valence-corrected chi connectivity index (χ3v) is 7.03. The summed E-state index contributed by atoms with van der Waals surface area (Å²) in [5.74, 6) is 0.850. The van der Waals surface area contributed by atoms with Gasteiger partial charge in [0.2, 0.25) is 0 Å². The van der Waals surface area contributed by atoms with Crippen molar-refractivity contribution in [2.45, 2.75) is 105 Å². The summed E-state index contributed by atoms with van der Waals surface area (Å²) in [7, 11) is 3.75. The molecule has 1 fully saturated rings. The monoisotopic (exact) mass is 421 g/mol. The number of aliphatic hydroxyl groups excluding tert-OH is 1. The van der Waals surface area contributed by atoms with Gasteiger partial charge in [-0.2, -0.15) is 0 Å². The van der Waals surface area contributed by atoms with Crippen LogP contribution in [0.1, 0.15) is 92.9 Å². The third-order valence-electron chi connectivity index (χ3n) is 7.03. The molecule has 0 heterocycles. The Balaban J connectivity index is 0.00000108. The summed E-state index contributed by atoms with van der Waals surface area (Å²) >= 11 is 0. The number of rotatable bonds is 3. The van der Waals surface area contributed by atoms with E-state index in [9.17, 15) is 10.2 Å². The molecule has 0 radical (unpaired) electrons. The average molecular weight is 422 g/mol. The Morgan fingerprint density at radius 1 is 1.13 bits per heavy atom. The molecule has 3 heteroatoms. The first-order valence-corrected chi connectivity index (χ1v) is 12.3. The van der Waals surface area contributed by atoms with Crippen molar-refractivity contribution in [2.75, 3.05) is 14.1 Å². The maximum absolute atomic E-state index is 11.6. The fourth-order valence-corrected chi connectivity index (χ4v) is 5.33. The highest BCUT2D eigenvalue weighted by molar-refractivity contribution is 5.26. The van der Waals surface area contributed by atoms with Gasteiger partial charge in [-0.1, -0.05) is 64.0 Å². The van der Waals surface area contributed by atoms with Gasteiger partial charge in [0.15, 0.2) is 0 Å². The highest BCUT2D eigenvalue weighted by Gasteiger charge is 2.50. The van der Waals surface area contributed by atoms with Crippen molar-refractivity contribution in [1.29, 1.82) is 0 Å². The van der Waals surface area contributed by atoms with E-state index in [0.29, 0.717) is 5.92 Å². The van der Waals surface area contributed by atoms with Crippen molar-refractivity contribution in [3.05, 3.63) is 36.0 Å². The van der Waals surface area contributed by atoms with Crippen molar-refractivity contribution in [3.63, 3.8) is 0 Å². The van der Waals surface area contributed by atoms with Gasteiger partial charge in [-0.25, -0.2) is 0 Å². The second-order valence-corrected chi connectivity index (χ2v) is 8.84. The summed E-state index contributed by atoms with van der Waals surface area (Å²) in [6, 6.07) is 0. The van der Waals surface area contributed by atoms with E-state index in [1.807, 2.05) is 47.9 Å².